The van der Waals surface area contributed by atoms with Crippen LogP contribution in [0.3, 0.4) is 0 Å². The van der Waals surface area contributed by atoms with Crippen LogP contribution in [0.4, 0.5) is 5.69 Å². The molecule has 0 fully saturated rings. The molecule has 0 aliphatic heterocycles. The Hall–Kier alpha value is -1.96. The third-order valence-corrected chi connectivity index (χ3v) is 2.55. The van der Waals surface area contributed by atoms with Gasteiger partial charge in [0.25, 0.3) is 0 Å². The van der Waals surface area contributed by atoms with Gasteiger partial charge in [0.05, 0.1) is 0 Å². The van der Waals surface area contributed by atoms with E-state index < -0.39 is 0 Å². The molecule has 0 unspecified atom stereocenters. The van der Waals surface area contributed by atoms with E-state index in [-0.39, 0.29) is 0 Å². The van der Waals surface area contributed by atoms with Gasteiger partial charge < -0.3 is 11.1 Å². The zero-order valence-corrected chi connectivity index (χ0v) is 11.4. The highest BCUT2D eigenvalue weighted by Gasteiger charge is 1.98. The van der Waals surface area contributed by atoms with E-state index in [1.807, 2.05) is 37.4 Å². The monoisotopic (exact) mass is 242 g/mol. The number of allylic oxidation sites excluding steroid dienone is 4. The molecule has 1 aromatic rings. The van der Waals surface area contributed by atoms with E-state index in [1.54, 1.807) is 0 Å². The fourth-order valence-electron chi connectivity index (χ4n) is 1.54. The summed E-state index contributed by atoms with van der Waals surface area (Å²) < 4.78 is 0. The van der Waals surface area contributed by atoms with Crippen molar-refractivity contribution in [1.29, 1.82) is 0 Å². The van der Waals surface area contributed by atoms with Gasteiger partial charge in [-0.25, -0.2) is 0 Å². The van der Waals surface area contributed by atoms with E-state index in [9.17, 15) is 0 Å². The minimum Gasteiger partial charge on any atom is -0.399 e. The standard InChI is InChI=1S/C16H22N2/c1-4-7-15(17)9-6-11-18-16-10-5-8-14(12-16)13(2)3/h4-13,18H,17H2,1-3H3/b7-4-,11-6+,15-9+. The third-order valence-electron chi connectivity index (χ3n) is 2.55. The second kappa shape index (κ2) is 7.38. The van der Waals surface area contributed by atoms with Gasteiger partial charge in [0.1, 0.15) is 0 Å². The summed E-state index contributed by atoms with van der Waals surface area (Å²) in [6, 6.07) is 8.42. The van der Waals surface area contributed by atoms with E-state index in [0.29, 0.717) is 5.92 Å². The van der Waals surface area contributed by atoms with Crippen molar-refractivity contribution >= 4 is 5.69 Å². The topological polar surface area (TPSA) is 38.0 Å². The molecule has 0 saturated heterocycles. The lowest BCUT2D eigenvalue weighted by Crippen LogP contribution is -1.92. The number of rotatable bonds is 5. The van der Waals surface area contributed by atoms with Gasteiger partial charge in [0, 0.05) is 17.6 Å². The number of hydrogen-bond acceptors (Lipinski definition) is 2. The Morgan fingerprint density at radius 2 is 2.11 bits per heavy atom. The van der Waals surface area contributed by atoms with Crippen molar-refractivity contribution in [3.8, 4) is 0 Å². The van der Waals surface area contributed by atoms with Crippen molar-refractivity contribution in [1.82, 2.24) is 0 Å². The lowest BCUT2D eigenvalue weighted by atomic mass is 10.0. The van der Waals surface area contributed by atoms with Crippen LogP contribution in [0.25, 0.3) is 0 Å². The lowest BCUT2D eigenvalue weighted by Gasteiger charge is -2.07. The number of benzene rings is 1. The average Bonchev–Trinajstić information content (AvgIpc) is 2.35. The molecule has 1 rings (SSSR count). The highest BCUT2D eigenvalue weighted by Crippen LogP contribution is 2.18. The van der Waals surface area contributed by atoms with Crippen molar-refractivity contribution in [2.24, 2.45) is 5.73 Å². The molecule has 0 heterocycles. The molecule has 0 aliphatic rings. The Kier molecular flexibility index (Phi) is 5.78. The summed E-state index contributed by atoms with van der Waals surface area (Å²) in [5.41, 5.74) is 8.89. The second-order valence-corrected chi connectivity index (χ2v) is 4.45. The Bertz CT molecular complexity index is 454. The first kappa shape index (κ1) is 14.1. The first-order valence-corrected chi connectivity index (χ1v) is 6.25. The maximum absolute atomic E-state index is 5.72. The largest absolute Gasteiger partial charge is 0.399 e. The lowest BCUT2D eigenvalue weighted by molar-refractivity contribution is 0.867. The maximum atomic E-state index is 5.72. The molecule has 3 N–H and O–H groups in total. The molecule has 0 atom stereocenters. The Balaban J connectivity index is 2.61. The fourth-order valence-corrected chi connectivity index (χ4v) is 1.54. The quantitative estimate of drug-likeness (QED) is 0.761. The fraction of sp³-hybridized carbons (Fsp3) is 0.250. The molecule has 0 amide bonds. The molecule has 2 heteroatoms. The van der Waals surface area contributed by atoms with Gasteiger partial charge in [0.15, 0.2) is 0 Å². The molecular formula is C16H22N2. The molecular weight excluding hydrogens is 220 g/mol. The van der Waals surface area contributed by atoms with E-state index >= 15 is 0 Å². The van der Waals surface area contributed by atoms with Crippen molar-refractivity contribution in [2.45, 2.75) is 26.7 Å². The van der Waals surface area contributed by atoms with Crippen LogP contribution in [0.1, 0.15) is 32.3 Å². The van der Waals surface area contributed by atoms with Gasteiger partial charge in [-0.05, 0) is 48.8 Å². The van der Waals surface area contributed by atoms with Crippen molar-refractivity contribution in [3.63, 3.8) is 0 Å². The second-order valence-electron chi connectivity index (χ2n) is 4.45. The Morgan fingerprint density at radius 3 is 2.78 bits per heavy atom. The molecule has 0 aliphatic carbocycles. The first-order chi connectivity index (χ1) is 8.63. The van der Waals surface area contributed by atoms with Gasteiger partial charge in [0.2, 0.25) is 0 Å². The van der Waals surface area contributed by atoms with Crippen molar-refractivity contribution < 1.29 is 0 Å². The summed E-state index contributed by atoms with van der Waals surface area (Å²) in [5, 5.41) is 3.23. The van der Waals surface area contributed by atoms with E-state index in [1.165, 1.54) is 5.56 Å². The smallest absolute Gasteiger partial charge is 0.0382 e. The van der Waals surface area contributed by atoms with Crippen LogP contribution in [-0.2, 0) is 0 Å². The highest BCUT2D eigenvalue weighted by molar-refractivity contribution is 5.48. The molecule has 0 saturated carbocycles. The van der Waals surface area contributed by atoms with E-state index in [0.717, 1.165) is 11.4 Å². The predicted octanol–water partition coefficient (Wildman–Crippen LogP) is 4.15. The van der Waals surface area contributed by atoms with Crippen LogP contribution < -0.4 is 11.1 Å². The summed E-state index contributed by atoms with van der Waals surface area (Å²) in [7, 11) is 0. The normalized spacial score (nSPS) is 12.8. The van der Waals surface area contributed by atoms with Gasteiger partial charge in [-0.1, -0.05) is 32.1 Å². The summed E-state index contributed by atoms with van der Waals surface area (Å²) in [6.07, 6.45) is 9.43. The summed E-state index contributed by atoms with van der Waals surface area (Å²) in [4.78, 5) is 0. The zero-order valence-electron chi connectivity index (χ0n) is 11.4. The number of nitrogens with one attached hydrogen (secondary N) is 1. The molecule has 0 radical (unpaired) electrons. The van der Waals surface area contributed by atoms with Gasteiger partial charge in [-0.15, -0.1) is 0 Å². The van der Waals surface area contributed by atoms with Crippen LogP contribution in [0.2, 0.25) is 0 Å². The summed E-state index contributed by atoms with van der Waals surface area (Å²) in [5.74, 6) is 0.543. The van der Waals surface area contributed by atoms with Crippen LogP contribution in [0.5, 0.6) is 0 Å². The zero-order chi connectivity index (χ0) is 13.4. The number of anilines is 1. The van der Waals surface area contributed by atoms with Crippen molar-refractivity contribution in [3.05, 3.63) is 66.0 Å². The molecule has 0 bridgehead atoms. The molecule has 18 heavy (non-hydrogen) atoms. The predicted molar refractivity (Wildman–Crippen MR) is 80.4 cm³/mol. The third kappa shape index (κ3) is 4.91. The highest BCUT2D eigenvalue weighted by atomic mass is 14.8. The minimum atomic E-state index is 0.543. The Labute approximate surface area is 110 Å². The van der Waals surface area contributed by atoms with E-state index in [4.69, 9.17) is 5.73 Å². The SMILES string of the molecule is C\C=C/C(N)=C\C=C\Nc1cccc(C(C)C)c1. The van der Waals surface area contributed by atoms with Gasteiger partial charge >= 0.3 is 0 Å². The van der Waals surface area contributed by atoms with Crippen LogP contribution >= 0.6 is 0 Å². The van der Waals surface area contributed by atoms with Crippen LogP contribution in [0.15, 0.2) is 60.5 Å². The van der Waals surface area contributed by atoms with Crippen LogP contribution in [0, 0.1) is 0 Å². The first-order valence-electron chi connectivity index (χ1n) is 6.25. The molecule has 0 spiro atoms. The molecule has 96 valence electrons. The average molecular weight is 242 g/mol. The number of hydrogen-bond donors (Lipinski definition) is 2. The van der Waals surface area contributed by atoms with Gasteiger partial charge in [-0.2, -0.15) is 0 Å². The van der Waals surface area contributed by atoms with Crippen molar-refractivity contribution in [2.75, 3.05) is 5.32 Å². The molecule has 2 nitrogen and oxygen atoms in total. The molecule has 0 aromatic heterocycles. The van der Waals surface area contributed by atoms with Gasteiger partial charge in [-0.3, -0.25) is 0 Å². The minimum absolute atomic E-state index is 0.543. The van der Waals surface area contributed by atoms with E-state index in [2.05, 4.69) is 43.4 Å². The molecule has 1 aromatic carbocycles. The van der Waals surface area contributed by atoms with Crippen LogP contribution in [-0.4, -0.2) is 0 Å². The maximum Gasteiger partial charge on any atom is 0.0382 e. The summed E-state index contributed by atoms with van der Waals surface area (Å²) >= 11 is 0. The Morgan fingerprint density at radius 1 is 1.33 bits per heavy atom. The number of nitrogens with two attached hydrogens (primary N) is 1. The summed E-state index contributed by atoms with van der Waals surface area (Å²) in [6.45, 7) is 6.32.